The molecule has 20 heavy (non-hydrogen) atoms. The van der Waals surface area contributed by atoms with Crippen molar-refractivity contribution in [3.05, 3.63) is 23.8 Å². The van der Waals surface area contributed by atoms with Crippen molar-refractivity contribution in [3.63, 3.8) is 0 Å². The number of anilines is 1. The monoisotopic (exact) mass is 291 g/mol. The predicted molar refractivity (Wildman–Crippen MR) is 78.4 cm³/mol. The quantitative estimate of drug-likeness (QED) is 0.910. The molecule has 1 aliphatic carbocycles. The Morgan fingerprint density at radius 2 is 2.20 bits per heavy atom. The number of carbonyl (C=O) groups excluding carboxylic acids is 1. The van der Waals surface area contributed by atoms with Crippen molar-refractivity contribution in [2.75, 3.05) is 5.32 Å². The molecule has 1 fully saturated rings. The predicted octanol–water partition coefficient (Wildman–Crippen LogP) is 3.00. The lowest BCUT2D eigenvalue weighted by Crippen LogP contribution is -2.52. The van der Waals surface area contributed by atoms with Gasteiger partial charge in [-0.3, -0.25) is 4.79 Å². The van der Waals surface area contributed by atoms with E-state index in [1.807, 2.05) is 17.5 Å². The van der Waals surface area contributed by atoms with Gasteiger partial charge in [-0.25, -0.2) is 4.98 Å². The molecule has 0 aliphatic heterocycles. The van der Waals surface area contributed by atoms with Crippen LogP contribution in [0.5, 0.6) is 0 Å². The van der Waals surface area contributed by atoms with E-state index in [4.69, 9.17) is 10.2 Å². The summed E-state index contributed by atoms with van der Waals surface area (Å²) in [4.78, 5) is 16.6. The minimum absolute atomic E-state index is 0.127. The van der Waals surface area contributed by atoms with Gasteiger partial charge in [0.25, 0.3) is 0 Å². The van der Waals surface area contributed by atoms with Gasteiger partial charge in [-0.15, -0.1) is 11.3 Å². The van der Waals surface area contributed by atoms with E-state index in [9.17, 15) is 4.79 Å². The Kier molecular flexibility index (Phi) is 3.58. The van der Waals surface area contributed by atoms with E-state index in [0.717, 1.165) is 37.8 Å². The second-order valence-electron chi connectivity index (χ2n) is 5.19. The molecule has 3 rings (SSSR count). The maximum Gasteiger partial charge on any atom is 0.246 e. The van der Waals surface area contributed by atoms with E-state index in [2.05, 4.69) is 10.3 Å². The van der Waals surface area contributed by atoms with Crippen molar-refractivity contribution in [1.29, 1.82) is 0 Å². The van der Waals surface area contributed by atoms with Crippen LogP contribution in [0.15, 0.2) is 28.2 Å². The molecule has 106 valence electrons. The third-order valence-electron chi connectivity index (χ3n) is 3.70. The van der Waals surface area contributed by atoms with Gasteiger partial charge in [0, 0.05) is 5.38 Å². The number of furan rings is 1. The van der Waals surface area contributed by atoms with Gasteiger partial charge < -0.3 is 15.5 Å². The van der Waals surface area contributed by atoms with Gasteiger partial charge in [-0.1, -0.05) is 19.3 Å². The molecular weight excluding hydrogens is 274 g/mol. The zero-order chi connectivity index (χ0) is 14.0. The zero-order valence-corrected chi connectivity index (χ0v) is 11.9. The van der Waals surface area contributed by atoms with Crippen LogP contribution in [0.25, 0.3) is 11.5 Å². The van der Waals surface area contributed by atoms with Gasteiger partial charge >= 0.3 is 0 Å². The van der Waals surface area contributed by atoms with Crippen molar-refractivity contribution >= 4 is 22.4 Å². The van der Waals surface area contributed by atoms with Gasteiger partial charge in [0.05, 0.1) is 11.8 Å². The third-order valence-corrected chi connectivity index (χ3v) is 4.45. The maximum atomic E-state index is 12.3. The Bertz CT molecular complexity index is 585. The van der Waals surface area contributed by atoms with Crippen LogP contribution >= 0.6 is 11.3 Å². The topological polar surface area (TPSA) is 81.2 Å². The average molecular weight is 291 g/mol. The molecule has 0 saturated heterocycles. The fraction of sp³-hybridized carbons (Fsp3) is 0.429. The molecule has 2 heterocycles. The van der Waals surface area contributed by atoms with Gasteiger partial charge in [0.1, 0.15) is 5.69 Å². The standard InChI is InChI=1S/C14H17N3O2S/c15-14(6-2-1-3-7-14)12(18)17-13-16-10(9-20-13)11-5-4-8-19-11/h4-5,8-9H,1-3,6-7,15H2,(H,16,17,18). The normalized spacial score (nSPS) is 17.9. The van der Waals surface area contributed by atoms with Crippen LogP contribution in [0.3, 0.4) is 0 Å². The summed E-state index contributed by atoms with van der Waals surface area (Å²) in [5.41, 5.74) is 6.18. The second kappa shape index (κ2) is 5.38. The highest BCUT2D eigenvalue weighted by Gasteiger charge is 2.35. The first-order chi connectivity index (χ1) is 9.67. The first-order valence-electron chi connectivity index (χ1n) is 6.77. The second-order valence-corrected chi connectivity index (χ2v) is 6.04. The largest absolute Gasteiger partial charge is 0.463 e. The summed E-state index contributed by atoms with van der Waals surface area (Å²) in [6.45, 7) is 0. The molecule has 6 heteroatoms. The molecule has 0 radical (unpaired) electrons. The zero-order valence-electron chi connectivity index (χ0n) is 11.1. The van der Waals surface area contributed by atoms with Crippen LogP contribution in [0, 0.1) is 0 Å². The fourth-order valence-corrected chi connectivity index (χ4v) is 3.19. The summed E-state index contributed by atoms with van der Waals surface area (Å²) in [5, 5.41) is 5.26. The molecular formula is C14H17N3O2S. The molecule has 1 amide bonds. The van der Waals surface area contributed by atoms with Crippen LogP contribution in [0.1, 0.15) is 32.1 Å². The van der Waals surface area contributed by atoms with Crippen molar-refractivity contribution in [3.8, 4) is 11.5 Å². The van der Waals surface area contributed by atoms with E-state index >= 15 is 0 Å². The van der Waals surface area contributed by atoms with Crippen LogP contribution in [0.4, 0.5) is 5.13 Å². The molecule has 1 saturated carbocycles. The van der Waals surface area contributed by atoms with Gasteiger partial charge in [0.15, 0.2) is 10.9 Å². The third kappa shape index (κ3) is 2.62. The minimum atomic E-state index is -0.741. The maximum absolute atomic E-state index is 12.3. The van der Waals surface area contributed by atoms with Crippen molar-refractivity contribution in [2.24, 2.45) is 5.73 Å². The number of carbonyl (C=O) groups is 1. The number of nitrogens with one attached hydrogen (secondary N) is 1. The van der Waals surface area contributed by atoms with E-state index in [-0.39, 0.29) is 5.91 Å². The van der Waals surface area contributed by atoms with Crippen molar-refractivity contribution in [1.82, 2.24) is 4.98 Å². The Morgan fingerprint density at radius 1 is 1.40 bits per heavy atom. The first kappa shape index (κ1) is 13.3. The highest BCUT2D eigenvalue weighted by Crippen LogP contribution is 2.29. The number of rotatable bonds is 3. The first-order valence-corrected chi connectivity index (χ1v) is 7.65. The molecule has 0 atom stereocenters. The number of hydrogen-bond acceptors (Lipinski definition) is 5. The summed E-state index contributed by atoms with van der Waals surface area (Å²) in [7, 11) is 0. The SMILES string of the molecule is NC1(C(=O)Nc2nc(-c3ccco3)cs2)CCCCC1. The average Bonchev–Trinajstić information content (AvgIpc) is 3.09. The molecule has 0 spiro atoms. The summed E-state index contributed by atoms with van der Waals surface area (Å²) >= 11 is 1.38. The minimum Gasteiger partial charge on any atom is -0.463 e. The fourth-order valence-electron chi connectivity index (χ4n) is 2.50. The molecule has 1 aliphatic rings. The summed E-state index contributed by atoms with van der Waals surface area (Å²) in [5.74, 6) is 0.569. The number of thiazole rings is 1. The molecule has 5 nitrogen and oxygen atoms in total. The molecule has 0 bridgehead atoms. The number of hydrogen-bond donors (Lipinski definition) is 2. The molecule has 3 N–H and O–H groups in total. The van der Waals surface area contributed by atoms with Gasteiger partial charge in [-0.2, -0.15) is 0 Å². The van der Waals surface area contributed by atoms with Crippen molar-refractivity contribution < 1.29 is 9.21 Å². The molecule has 0 unspecified atom stereocenters. The number of amides is 1. The van der Waals surface area contributed by atoms with Crippen molar-refractivity contribution in [2.45, 2.75) is 37.6 Å². The Morgan fingerprint density at radius 3 is 2.90 bits per heavy atom. The Labute approximate surface area is 121 Å². The van der Waals surface area contributed by atoms with Crippen LogP contribution in [0.2, 0.25) is 0 Å². The van der Waals surface area contributed by atoms with E-state index in [1.54, 1.807) is 6.26 Å². The molecule has 2 aromatic rings. The summed E-state index contributed by atoms with van der Waals surface area (Å²) in [6.07, 6.45) is 6.28. The lowest BCUT2D eigenvalue weighted by molar-refractivity contribution is -0.122. The molecule has 2 aromatic heterocycles. The van der Waals surface area contributed by atoms with Crippen LogP contribution in [-0.2, 0) is 4.79 Å². The van der Waals surface area contributed by atoms with E-state index < -0.39 is 5.54 Å². The molecule has 0 aromatic carbocycles. The summed E-state index contributed by atoms with van der Waals surface area (Å²) < 4.78 is 5.28. The lowest BCUT2D eigenvalue weighted by Gasteiger charge is -2.31. The Hall–Kier alpha value is -1.66. The van der Waals surface area contributed by atoms with Crippen LogP contribution in [-0.4, -0.2) is 16.4 Å². The van der Waals surface area contributed by atoms with Crippen LogP contribution < -0.4 is 11.1 Å². The lowest BCUT2D eigenvalue weighted by atomic mass is 9.82. The number of aromatic nitrogens is 1. The Balaban J connectivity index is 1.70. The van der Waals surface area contributed by atoms with Gasteiger partial charge in [-0.05, 0) is 25.0 Å². The number of nitrogens with zero attached hydrogens (tertiary/aromatic N) is 1. The highest BCUT2D eigenvalue weighted by atomic mass is 32.1. The van der Waals surface area contributed by atoms with E-state index in [1.165, 1.54) is 11.3 Å². The van der Waals surface area contributed by atoms with Gasteiger partial charge in [0.2, 0.25) is 5.91 Å². The number of nitrogens with two attached hydrogens (primary N) is 1. The van der Waals surface area contributed by atoms with E-state index in [0.29, 0.717) is 10.9 Å². The summed E-state index contributed by atoms with van der Waals surface area (Å²) in [6, 6.07) is 3.65. The smallest absolute Gasteiger partial charge is 0.246 e. The highest BCUT2D eigenvalue weighted by molar-refractivity contribution is 7.14.